The third-order valence-corrected chi connectivity index (χ3v) is 7.30. The summed E-state index contributed by atoms with van der Waals surface area (Å²) in [5.41, 5.74) is 2.45. The minimum Gasteiger partial charge on any atom is -0.352 e. The van der Waals surface area contributed by atoms with Crippen LogP contribution in [0.1, 0.15) is 30.5 Å². The summed E-state index contributed by atoms with van der Waals surface area (Å²) in [5.74, 6) is 1.03. The number of fused-ring (bicyclic) bond motifs is 1. The second kappa shape index (κ2) is 7.35. The van der Waals surface area contributed by atoms with Gasteiger partial charge in [-0.1, -0.05) is 0 Å². The normalized spacial score (nSPS) is 22.1. The summed E-state index contributed by atoms with van der Waals surface area (Å²) in [6.45, 7) is 3.79. The fraction of sp³-hybridized carbons (Fsp3) is 0.722. The molecule has 1 aromatic heterocycles. The summed E-state index contributed by atoms with van der Waals surface area (Å²) in [5, 5.41) is 8.74. The molecule has 0 spiro atoms. The standard InChI is InChI=1S/C18H27N5O3S/c1-27(25,26)23-7-5-14(6-8-23)18(24)22-11-9-21(10-12-22)17-13-15-3-2-4-16(15)19-20-17/h13-14H,2-12H2,1H3. The number of carbonyl (C=O) groups is 1. The number of hydrogen-bond donors (Lipinski definition) is 0. The molecule has 3 aliphatic rings. The highest BCUT2D eigenvalue weighted by Crippen LogP contribution is 2.25. The molecule has 2 fully saturated rings. The summed E-state index contributed by atoms with van der Waals surface area (Å²) in [4.78, 5) is 17.0. The van der Waals surface area contributed by atoms with Crippen molar-refractivity contribution in [1.82, 2.24) is 19.4 Å². The average molecular weight is 394 g/mol. The van der Waals surface area contributed by atoms with E-state index in [1.807, 2.05) is 4.90 Å². The molecule has 0 saturated carbocycles. The zero-order chi connectivity index (χ0) is 19.0. The Morgan fingerprint density at radius 1 is 1.04 bits per heavy atom. The van der Waals surface area contributed by atoms with Crippen LogP contribution in [-0.2, 0) is 27.7 Å². The van der Waals surface area contributed by atoms with Crippen molar-refractivity contribution in [2.45, 2.75) is 32.1 Å². The van der Waals surface area contributed by atoms with E-state index < -0.39 is 10.0 Å². The van der Waals surface area contributed by atoms with E-state index in [4.69, 9.17) is 0 Å². The van der Waals surface area contributed by atoms with Gasteiger partial charge in [0.05, 0.1) is 11.9 Å². The molecule has 4 rings (SSSR count). The lowest BCUT2D eigenvalue weighted by Crippen LogP contribution is -2.52. The van der Waals surface area contributed by atoms with Gasteiger partial charge in [-0.2, -0.15) is 5.10 Å². The lowest BCUT2D eigenvalue weighted by atomic mass is 9.96. The van der Waals surface area contributed by atoms with Crippen molar-refractivity contribution in [1.29, 1.82) is 0 Å². The van der Waals surface area contributed by atoms with Crippen LogP contribution in [0.3, 0.4) is 0 Å². The zero-order valence-electron chi connectivity index (χ0n) is 15.8. The van der Waals surface area contributed by atoms with Crippen LogP contribution in [0.2, 0.25) is 0 Å². The molecule has 148 valence electrons. The molecule has 9 heteroatoms. The third-order valence-electron chi connectivity index (χ3n) is 5.99. The lowest BCUT2D eigenvalue weighted by Gasteiger charge is -2.38. The maximum Gasteiger partial charge on any atom is 0.225 e. The molecule has 0 radical (unpaired) electrons. The Hall–Kier alpha value is -1.74. The van der Waals surface area contributed by atoms with Gasteiger partial charge in [-0.3, -0.25) is 4.79 Å². The summed E-state index contributed by atoms with van der Waals surface area (Å²) in [6.07, 6.45) is 5.74. The van der Waals surface area contributed by atoms with Crippen molar-refractivity contribution in [2.24, 2.45) is 5.92 Å². The molecule has 0 atom stereocenters. The van der Waals surface area contributed by atoms with Crippen LogP contribution in [0, 0.1) is 5.92 Å². The van der Waals surface area contributed by atoms with Crippen molar-refractivity contribution < 1.29 is 13.2 Å². The first-order valence-corrected chi connectivity index (χ1v) is 11.6. The van der Waals surface area contributed by atoms with Crippen molar-refractivity contribution in [3.63, 3.8) is 0 Å². The predicted molar refractivity (Wildman–Crippen MR) is 102 cm³/mol. The lowest BCUT2D eigenvalue weighted by molar-refractivity contribution is -0.137. The van der Waals surface area contributed by atoms with E-state index in [1.165, 1.54) is 16.1 Å². The summed E-state index contributed by atoms with van der Waals surface area (Å²) >= 11 is 0. The van der Waals surface area contributed by atoms with Crippen molar-refractivity contribution in [3.8, 4) is 0 Å². The van der Waals surface area contributed by atoms with Crippen LogP contribution in [-0.4, -0.2) is 79.3 Å². The molecular formula is C18H27N5O3S. The number of sulfonamides is 1. The van der Waals surface area contributed by atoms with Gasteiger partial charge in [0.1, 0.15) is 0 Å². The van der Waals surface area contributed by atoms with Crippen LogP contribution in [0.4, 0.5) is 5.82 Å². The quantitative estimate of drug-likeness (QED) is 0.733. The first-order chi connectivity index (χ1) is 12.9. The number of anilines is 1. The summed E-state index contributed by atoms with van der Waals surface area (Å²) in [7, 11) is -3.15. The Morgan fingerprint density at radius 2 is 1.74 bits per heavy atom. The molecular weight excluding hydrogens is 366 g/mol. The fourth-order valence-electron chi connectivity index (χ4n) is 4.32. The molecule has 0 unspecified atom stereocenters. The smallest absolute Gasteiger partial charge is 0.225 e. The number of nitrogens with zero attached hydrogens (tertiary/aromatic N) is 5. The van der Waals surface area contributed by atoms with Gasteiger partial charge in [0.15, 0.2) is 5.82 Å². The Balaban J connectivity index is 1.31. The highest BCUT2D eigenvalue weighted by atomic mass is 32.2. The van der Waals surface area contributed by atoms with E-state index in [0.717, 1.165) is 43.9 Å². The highest BCUT2D eigenvalue weighted by molar-refractivity contribution is 7.88. The van der Waals surface area contributed by atoms with E-state index in [9.17, 15) is 13.2 Å². The van der Waals surface area contributed by atoms with Crippen LogP contribution in [0.25, 0.3) is 0 Å². The monoisotopic (exact) mass is 393 g/mol. The van der Waals surface area contributed by atoms with Crippen molar-refractivity contribution >= 4 is 21.7 Å². The number of carbonyl (C=O) groups excluding carboxylic acids is 1. The molecule has 27 heavy (non-hydrogen) atoms. The predicted octanol–water partition coefficient (Wildman–Crippen LogP) is 0.286. The minimum absolute atomic E-state index is 0.0608. The van der Waals surface area contributed by atoms with Crippen LogP contribution in [0.5, 0.6) is 0 Å². The van der Waals surface area contributed by atoms with Gasteiger partial charge in [0.25, 0.3) is 0 Å². The molecule has 0 bridgehead atoms. The Morgan fingerprint density at radius 3 is 2.41 bits per heavy atom. The molecule has 1 aromatic rings. The Bertz CT molecular complexity index is 812. The number of piperazine rings is 1. The first-order valence-electron chi connectivity index (χ1n) is 9.76. The number of amides is 1. The van der Waals surface area contributed by atoms with Gasteiger partial charge < -0.3 is 9.80 Å². The number of hydrogen-bond acceptors (Lipinski definition) is 6. The van der Waals surface area contributed by atoms with Gasteiger partial charge in [0.2, 0.25) is 15.9 Å². The maximum atomic E-state index is 12.8. The van der Waals surface area contributed by atoms with Gasteiger partial charge in [0, 0.05) is 45.2 Å². The number of piperidine rings is 1. The molecule has 2 aliphatic heterocycles. The Labute approximate surface area is 160 Å². The molecule has 2 saturated heterocycles. The SMILES string of the molecule is CS(=O)(=O)N1CCC(C(=O)N2CCN(c3cc4c(nn3)CCC4)CC2)CC1. The maximum absolute atomic E-state index is 12.8. The van der Waals surface area contributed by atoms with Crippen LogP contribution in [0.15, 0.2) is 6.07 Å². The van der Waals surface area contributed by atoms with E-state index in [1.54, 1.807) is 0 Å². The molecule has 1 amide bonds. The second-order valence-electron chi connectivity index (χ2n) is 7.78. The number of aryl methyl sites for hydroxylation is 2. The first kappa shape index (κ1) is 18.6. The van der Waals surface area contributed by atoms with Gasteiger partial charge >= 0.3 is 0 Å². The molecule has 3 heterocycles. The largest absolute Gasteiger partial charge is 0.352 e. The highest BCUT2D eigenvalue weighted by Gasteiger charge is 2.33. The van der Waals surface area contributed by atoms with Crippen molar-refractivity contribution in [3.05, 3.63) is 17.3 Å². The van der Waals surface area contributed by atoms with Gasteiger partial charge in [-0.15, -0.1) is 5.10 Å². The molecule has 8 nitrogen and oxygen atoms in total. The van der Waals surface area contributed by atoms with Crippen LogP contribution >= 0.6 is 0 Å². The minimum atomic E-state index is -3.15. The van der Waals surface area contributed by atoms with Crippen molar-refractivity contribution in [2.75, 3.05) is 50.4 Å². The molecule has 0 N–H and O–H groups in total. The third kappa shape index (κ3) is 3.94. The molecule has 1 aliphatic carbocycles. The average Bonchev–Trinajstić information content (AvgIpc) is 3.15. The van der Waals surface area contributed by atoms with Gasteiger partial charge in [-0.05, 0) is 43.7 Å². The number of rotatable bonds is 3. The van der Waals surface area contributed by atoms with Crippen LogP contribution < -0.4 is 4.90 Å². The van der Waals surface area contributed by atoms with Gasteiger partial charge in [-0.25, -0.2) is 12.7 Å². The Kier molecular flexibility index (Phi) is 5.07. The van der Waals surface area contributed by atoms with E-state index in [0.29, 0.717) is 39.0 Å². The van der Waals surface area contributed by atoms with E-state index >= 15 is 0 Å². The second-order valence-corrected chi connectivity index (χ2v) is 9.76. The fourth-order valence-corrected chi connectivity index (χ4v) is 5.19. The zero-order valence-corrected chi connectivity index (χ0v) is 16.6. The topological polar surface area (TPSA) is 86.7 Å². The number of aromatic nitrogens is 2. The van der Waals surface area contributed by atoms with E-state index in [-0.39, 0.29) is 11.8 Å². The summed E-state index contributed by atoms with van der Waals surface area (Å²) in [6, 6.07) is 2.16. The van der Waals surface area contributed by atoms with E-state index in [2.05, 4.69) is 21.2 Å². The summed E-state index contributed by atoms with van der Waals surface area (Å²) < 4.78 is 24.7. The molecule has 0 aromatic carbocycles.